The van der Waals surface area contributed by atoms with Crippen LogP contribution < -0.4 is 4.89 Å². The predicted octanol–water partition coefficient (Wildman–Crippen LogP) is 13.3. The van der Waals surface area contributed by atoms with E-state index in [-0.39, 0.29) is 18.7 Å². The summed E-state index contributed by atoms with van der Waals surface area (Å²) in [6, 6.07) is 0. The molecule has 8 heteroatoms. The maximum absolute atomic E-state index is 12.9. The highest BCUT2D eigenvalue weighted by atomic mass is 31.2. The second-order valence-corrected chi connectivity index (χ2v) is 17.3. The number of esters is 1. The van der Waals surface area contributed by atoms with Gasteiger partial charge in [0, 0.05) is 13.5 Å². The number of rotatable bonds is 40. The van der Waals surface area contributed by atoms with Gasteiger partial charge < -0.3 is 23.2 Å². The number of hydrogen-bond donors (Lipinski definition) is 0. The lowest BCUT2D eigenvalue weighted by Gasteiger charge is -2.31. The monoisotopic (exact) mass is 780 g/mol. The molecule has 1 atom stereocenters. The number of carbonyl (C=O) groups excluding carboxylic acids is 1. The maximum atomic E-state index is 12.9. The third kappa shape index (κ3) is 38.8. The molecule has 0 heterocycles. The molecule has 0 fully saturated rings. The summed E-state index contributed by atoms with van der Waals surface area (Å²) in [4.78, 5) is 24.4. The van der Waals surface area contributed by atoms with Gasteiger partial charge in [-0.15, -0.1) is 0 Å². The fraction of sp³-hybridized carbons (Fsp3) is 0.804. The molecule has 0 aromatic carbocycles. The van der Waals surface area contributed by atoms with Gasteiger partial charge in [-0.1, -0.05) is 140 Å². The van der Waals surface area contributed by atoms with Crippen LogP contribution in [0.2, 0.25) is 0 Å². The summed E-state index contributed by atoms with van der Waals surface area (Å²) >= 11 is 0. The van der Waals surface area contributed by atoms with E-state index in [9.17, 15) is 14.3 Å². The third-order valence-electron chi connectivity index (χ3n) is 10.1. The number of allylic oxidation sites excluding steroid dienone is 8. The van der Waals surface area contributed by atoms with Crippen molar-refractivity contribution in [3.8, 4) is 0 Å². The van der Waals surface area contributed by atoms with Gasteiger partial charge in [-0.2, -0.15) is 0 Å². The number of hydrogen-bond acceptors (Lipinski definition) is 6. The largest absolute Gasteiger partial charge is 0.756 e. The number of quaternary nitrogens is 1. The van der Waals surface area contributed by atoms with E-state index < -0.39 is 7.82 Å². The topological polar surface area (TPSA) is 84.9 Å². The summed E-state index contributed by atoms with van der Waals surface area (Å²) in [7, 11) is 0.902. The van der Waals surface area contributed by atoms with E-state index >= 15 is 0 Å². The molecule has 0 spiro atoms. The number of unbranched alkanes of at least 4 members (excludes halogenated alkanes) is 18. The van der Waals surface area contributed by atoms with Crippen molar-refractivity contribution in [2.75, 3.05) is 40.9 Å². The van der Waals surface area contributed by atoms with Gasteiger partial charge in [-0.05, 0) is 89.9 Å². The molecule has 0 aromatic heterocycles. The minimum atomic E-state index is -4.22. The van der Waals surface area contributed by atoms with Gasteiger partial charge in [-0.3, -0.25) is 9.36 Å². The number of nitrogens with zero attached hydrogens (tertiary/aromatic N) is 1. The Bertz CT molecular complexity index is 959. The van der Waals surface area contributed by atoms with E-state index in [0.29, 0.717) is 23.9 Å². The van der Waals surface area contributed by atoms with Crippen LogP contribution in [0.25, 0.3) is 0 Å². The average Bonchev–Trinajstić information content (AvgIpc) is 3.14. The molecule has 0 saturated carbocycles. The van der Waals surface area contributed by atoms with E-state index in [1.54, 1.807) is 0 Å². The number of likely N-dealkylation sites (N-methyl/N-ethyl adjacent to an activating group) is 1. The SMILES string of the molecule is CCCCC/C=C\C/C=C\CCCCCCCCC(CCCCCCCC/C=C\C/C=C\CCCCC)OC(=O)CCC[N+](C)(C)CCOP(=O)([O-])OC. The minimum absolute atomic E-state index is 0.00491. The Balaban J connectivity index is 4.41. The molecule has 0 aliphatic carbocycles. The van der Waals surface area contributed by atoms with Gasteiger partial charge >= 0.3 is 5.97 Å². The standard InChI is InChI=1S/C46H86NO6P/c1-6-8-10-12-14-16-18-20-22-24-26-28-30-32-34-36-39-45(53-46(48)41-38-42-47(3,4)43-44-52-54(49,50)51-5)40-37-35-33-31-29-27-25-23-21-19-17-15-13-11-9-7-2/h14-17,20-23,45H,6-13,18-19,24-44H2,1-5H3/b16-14-,17-15-,22-20-,23-21-. The zero-order valence-corrected chi connectivity index (χ0v) is 36.9. The maximum Gasteiger partial charge on any atom is 0.306 e. The molecule has 1 unspecified atom stereocenters. The number of ether oxygens (including phenoxy) is 1. The Hall–Kier alpha value is -1.50. The quantitative estimate of drug-likeness (QED) is 0.0202. The van der Waals surface area contributed by atoms with E-state index in [4.69, 9.17) is 9.26 Å². The summed E-state index contributed by atoms with van der Waals surface area (Å²) in [5.41, 5.74) is 0. The van der Waals surface area contributed by atoms with Crippen LogP contribution >= 0.6 is 7.82 Å². The molecule has 0 bridgehead atoms. The van der Waals surface area contributed by atoms with Crippen molar-refractivity contribution in [1.82, 2.24) is 0 Å². The Morgan fingerprint density at radius 1 is 0.593 bits per heavy atom. The minimum Gasteiger partial charge on any atom is -0.756 e. The molecule has 0 aromatic rings. The van der Waals surface area contributed by atoms with Crippen LogP contribution in [0.5, 0.6) is 0 Å². The first kappa shape index (κ1) is 52.5. The Labute approximate surface area is 334 Å². The lowest BCUT2D eigenvalue weighted by Crippen LogP contribution is -2.43. The smallest absolute Gasteiger partial charge is 0.306 e. The van der Waals surface area contributed by atoms with Crippen molar-refractivity contribution in [1.29, 1.82) is 0 Å². The van der Waals surface area contributed by atoms with Crippen LogP contribution in [0.4, 0.5) is 0 Å². The molecular weight excluding hydrogens is 693 g/mol. The normalized spacial score (nSPS) is 13.8. The van der Waals surface area contributed by atoms with Crippen LogP contribution in [-0.4, -0.2) is 57.5 Å². The van der Waals surface area contributed by atoms with Crippen LogP contribution in [0.15, 0.2) is 48.6 Å². The molecular formula is C46H86NO6P. The third-order valence-corrected chi connectivity index (χ3v) is 11.0. The van der Waals surface area contributed by atoms with Gasteiger partial charge in [0.25, 0.3) is 7.82 Å². The lowest BCUT2D eigenvalue weighted by molar-refractivity contribution is -0.890. The zero-order valence-electron chi connectivity index (χ0n) is 36.0. The highest BCUT2D eigenvalue weighted by Crippen LogP contribution is 2.36. The molecule has 54 heavy (non-hydrogen) atoms. The average molecular weight is 780 g/mol. The van der Waals surface area contributed by atoms with E-state index in [0.717, 1.165) is 52.2 Å². The van der Waals surface area contributed by atoms with Gasteiger partial charge in [0.2, 0.25) is 0 Å². The van der Waals surface area contributed by atoms with Crippen molar-refractivity contribution in [3.63, 3.8) is 0 Å². The highest BCUT2D eigenvalue weighted by Gasteiger charge is 2.19. The van der Waals surface area contributed by atoms with Crippen LogP contribution in [0, 0.1) is 0 Å². The molecule has 0 aliphatic rings. The molecule has 0 saturated heterocycles. The van der Waals surface area contributed by atoms with Crippen molar-refractivity contribution < 1.29 is 32.5 Å². The van der Waals surface area contributed by atoms with Crippen LogP contribution in [0.3, 0.4) is 0 Å². The first-order chi connectivity index (χ1) is 26.2. The van der Waals surface area contributed by atoms with Gasteiger partial charge in [0.05, 0.1) is 27.1 Å². The van der Waals surface area contributed by atoms with E-state index in [1.807, 2.05) is 14.1 Å². The van der Waals surface area contributed by atoms with Crippen LogP contribution in [0.1, 0.15) is 194 Å². The second kappa shape index (κ2) is 38.4. The van der Waals surface area contributed by atoms with Crippen molar-refractivity contribution in [2.24, 2.45) is 0 Å². The van der Waals surface area contributed by atoms with E-state index in [2.05, 4.69) is 67.0 Å². The molecule has 7 nitrogen and oxygen atoms in total. The molecule has 0 rings (SSSR count). The Morgan fingerprint density at radius 2 is 1.00 bits per heavy atom. The summed E-state index contributed by atoms with van der Waals surface area (Å²) < 4.78 is 27.3. The molecule has 0 aliphatic heterocycles. The van der Waals surface area contributed by atoms with Crippen molar-refractivity contribution in [3.05, 3.63) is 48.6 Å². The van der Waals surface area contributed by atoms with Gasteiger partial charge in [0.1, 0.15) is 19.3 Å². The number of phosphoric ester groups is 1. The van der Waals surface area contributed by atoms with Gasteiger partial charge in [-0.25, -0.2) is 0 Å². The molecule has 316 valence electrons. The fourth-order valence-electron chi connectivity index (χ4n) is 6.44. The summed E-state index contributed by atoms with van der Waals surface area (Å²) in [5, 5.41) is 0. The van der Waals surface area contributed by atoms with Crippen molar-refractivity contribution in [2.45, 2.75) is 200 Å². The highest BCUT2D eigenvalue weighted by molar-refractivity contribution is 7.45. The molecule has 0 amide bonds. The summed E-state index contributed by atoms with van der Waals surface area (Å²) in [5.74, 6) is -0.111. The second-order valence-electron chi connectivity index (χ2n) is 15.8. The Kier molecular flexibility index (Phi) is 37.3. The zero-order chi connectivity index (χ0) is 39.9. The van der Waals surface area contributed by atoms with Gasteiger partial charge in [0.15, 0.2) is 0 Å². The number of carbonyl (C=O) groups is 1. The van der Waals surface area contributed by atoms with Crippen molar-refractivity contribution >= 4 is 13.8 Å². The summed E-state index contributed by atoms with van der Waals surface area (Å²) in [6.45, 7) is 5.79. The summed E-state index contributed by atoms with van der Waals surface area (Å²) in [6.07, 6.45) is 51.0. The van der Waals surface area contributed by atoms with Crippen LogP contribution in [-0.2, 0) is 23.1 Å². The number of phosphoric acid groups is 1. The van der Waals surface area contributed by atoms with E-state index in [1.165, 1.54) is 128 Å². The molecule has 0 radical (unpaired) electrons. The first-order valence-corrected chi connectivity index (χ1v) is 23.7. The fourth-order valence-corrected chi connectivity index (χ4v) is 6.85. The first-order valence-electron chi connectivity index (χ1n) is 22.3. The predicted molar refractivity (Wildman–Crippen MR) is 229 cm³/mol. The molecule has 0 N–H and O–H groups in total. The lowest BCUT2D eigenvalue weighted by atomic mass is 10.0. The Morgan fingerprint density at radius 3 is 1.43 bits per heavy atom.